The molecular weight excluding hydrogens is 292 g/mol. The topological polar surface area (TPSA) is 111 Å². The first-order valence-corrected chi connectivity index (χ1v) is 8.45. The van der Waals surface area contributed by atoms with Gasteiger partial charge in [0.1, 0.15) is 4.90 Å². The molecule has 1 aromatic carbocycles. The molecule has 5 N–H and O–H groups in total. The van der Waals surface area contributed by atoms with Gasteiger partial charge >= 0.3 is 0 Å². The van der Waals surface area contributed by atoms with Crippen LogP contribution >= 0.6 is 0 Å². The van der Waals surface area contributed by atoms with Crippen LogP contribution < -0.4 is 16.2 Å². The Morgan fingerprint density at radius 3 is 2.90 bits per heavy atom. The molecule has 1 atom stereocenters. The van der Waals surface area contributed by atoms with Gasteiger partial charge in [-0.1, -0.05) is 6.92 Å². The van der Waals surface area contributed by atoms with Gasteiger partial charge in [0, 0.05) is 25.3 Å². The van der Waals surface area contributed by atoms with Crippen molar-refractivity contribution in [1.29, 1.82) is 0 Å². The van der Waals surface area contributed by atoms with E-state index in [0.717, 1.165) is 19.6 Å². The second-order valence-corrected chi connectivity index (χ2v) is 6.60. The molecule has 8 heteroatoms. The third-order valence-electron chi connectivity index (χ3n) is 3.50. The summed E-state index contributed by atoms with van der Waals surface area (Å²) in [5, 5.41) is 8.31. The number of rotatable bonds is 5. The fraction of sp³-hybridized carbons (Fsp3) is 0.538. The molecule has 0 radical (unpaired) electrons. The van der Waals surface area contributed by atoms with Crippen molar-refractivity contribution < 1.29 is 13.2 Å². The molecule has 1 aliphatic heterocycles. The molecule has 7 nitrogen and oxygen atoms in total. The number of likely N-dealkylation sites (N-methyl/N-ethyl adjacent to an activating group) is 1. The lowest BCUT2D eigenvalue weighted by atomic mass is 10.2. The first kappa shape index (κ1) is 16.0. The summed E-state index contributed by atoms with van der Waals surface area (Å²) in [4.78, 5) is 2.30. The summed E-state index contributed by atoms with van der Waals surface area (Å²) in [6.07, 6.45) is 0.0181. The van der Waals surface area contributed by atoms with Crippen LogP contribution in [0.5, 0.6) is 0 Å². The Balaban J connectivity index is 2.06. The predicted octanol–water partition coefficient (Wildman–Crippen LogP) is 0.0488. The molecule has 21 heavy (non-hydrogen) atoms. The summed E-state index contributed by atoms with van der Waals surface area (Å²) in [6.45, 7) is 6.03. The van der Waals surface area contributed by atoms with Crippen LogP contribution in [0.3, 0.4) is 0 Å². The van der Waals surface area contributed by atoms with Crippen LogP contribution in [0.15, 0.2) is 23.1 Å². The number of nitrogens with one attached hydrogen (secondary N) is 1. The lowest BCUT2D eigenvalue weighted by Crippen LogP contribution is -2.45. The Hall–Kier alpha value is -1.35. The summed E-state index contributed by atoms with van der Waals surface area (Å²) < 4.78 is 28.9. The van der Waals surface area contributed by atoms with E-state index in [9.17, 15) is 8.42 Å². The van der Waals surface area contributed by atoms with E-state index in [1.54, 1.807) is 12.1 Å². The van der Waals surface area contributed by atoms with Crippen molar-refractivity contribution >= 4 is 21.4 Å². The van der Waals surface area contributed by atoms with Gasteiger partial charge < -0.3 is 15.8 Å². The first-order chi connectivity index (χ1) is 9.90. The molecule has 0 spiro atoms. The minimum absolute atomic E-state index is 0.00524. The van der Waals surface area contributed by atoms with E-state index in [-0.39, 0.29) is 11.0 Å². The molecule has 118 valence electrons. The van der Waals surface area contributed by atoms with Gasteiger partial charge in [-0.25, -0.2) is 13.6 Å². The second-order valence-electron chi connectivity index (χ2n) is 5.07. The summed E-state index contributed by atoms with van der Waals surface area (Å²) >= 11 is 0. The molecule has 0 aromatic heterocycles. The SMILES string of the molecule is CCN1CCOC(CNc2ccc(N)cc2S(N)(=O)=O)C1. The average molecular weight is 314 g/mol. The molecule has 0 bridgehead atoms. The standard InChI is InChI=1S/C13H22N4O3S/c1-2-17-5-6-20-11(9-17)8-16-12-4-3-10(14)7-13(12)21(15,18)19/h3-4,7,11,16H,2,5-6,8-9,14H2,1H3,(H2,15,18,19). The number of sulfonamides is 1. The van der Waals surface area contributed by atoms with Gasteiger partial charge in [0.15, 0.2) is 0 Å². The molecule has 1 aromatic rings. The molecule has 1 fully saturated rings. The molecule has 1 unspecified atom stereocenters. The Morgan fingerprint density at radius 2 is 2.24 bits per heavy atom. The van der Waals surface area contributed by atoms with Crippen LogP contribution in [0.25, 0.3) is 0 Å². The molecule has 1 heterocycles. The highest BCUT2D eigenvalue weighted by Crippen LogP contribution is 2.23. The third-order valence-corrected chi connectivity index (χ3v) is 4.45. The van der Waals surface area contributed by atoms with Crippen molar-refractivity contribution in [3.8, 4) is 0 Å². The number of morpholine rings is 1. The highest BCUT2D eigenvalue weighted by atomic mass is 32.2. The lowest BCUT2D eigenvalue weighted by Gasteiger charge is -2.32. The average Bonchev–Trinajstić information content (AvgIpc) is 2.45. The fourth-order valence-corrected chi connectivity index (χ4v) is 3.08. The number of benzene rings is 1. The molecule has 0 amide bonds. The van der Waals surface area contributed by atoms with Gasteiger partial charge in [0.25, 0.3) is 0 Å². The number of nitrogens with two attached hydrogens (primary N) is 2. The van der Waals surface area contributed by atoms with Gasteiger partial charge in [0.05, 0.1) is 18.4 Å². The van der Waals surface area contributed by atoms with E-state index in [0.29, 0.717) is 24.5 Å². The van der Waals surface area contributed by atoms with Crippen LogP contribution in [0.4, 0.5) is 11.4 Å². The van der Waals surface area contributed by atoms with Crippen LogP contribution in [0, 0.1) is 0 Å². The minimum atomic E-state index is -3.82. The number of hydrogen-bond donors (Lipinski definition) is 3. The van der Waals surface area contributed by atoms with Crippen LogP contribution in [-0.2, 0) is 14.8 Å². The Labute approximate surface area is 125 Å². The largest absolute Gasteiger partial charge is 0.399 e. The van der Waals surface area contributed by atoms with Crippen molar-refractivity contribution in [3.05, 3.63) is 18.2 Å². The Bertz CT molecular complexity index is 591. The number of hydrogen-bond acceptors (Lipinski definition) is 6. The number of anilines is 2. The predicted molar refractivity (Wildman–Crippen MR) is 82.6 cm³/mol. The van der Waals surface area contributed by atoms with Crippen molar-refractivity contribution in [1.82, 2.24) is 4.90 Å². The first-order valence-electron chi connectivity index (χ1n) is 6.90. The van der Waals surface area contributed by atoms with E-state index in [4.69, 9.17) is 15.6 Å². The summed E-state index contributed by atoms with van der Waals surface area (Å²) in [5.74, 6) is 0. The monoisotopic (exact) mass is 314 g/mol. The molecule has 0 aliphatic carbocycles. The zero-order valence-corrected chi connectivity index (χ0v) is 12.9. The number of ether oxygens (including phenoxy) is 1. The van der Waals surface area contributed by atoms with Crippen molar-refractivity contribution in [2.45, 2.75) is 17.9 Å². The Morgan fingerprint density at radius 1 is 1.48 bits per heavy atom. The number of nitrogen functional groups attached to an aromatic ring is 1. The zero-order valence-electron chi connectivity index (χ0n) is 12.1. The van der Waals surface area contributed by atoms with E-state index < -0.39 is 10.0 Å². The van der Waals surface area contributed by atoms with E-state index in [1.165, 1.54) is 6.07 Å². The summed E-state index contributed by atoms with van der Waals surface area (Å²) in [5.41, 5.74) is 6.43. The number of nitrogens with zero attached hydrogens (tertiary/aromatic N) is 1. The zero-order chi connectivity index (χ0) is 15.5. The van der Waals surface area contributed by atoms with Gasteiger partial charge in [0.2, 0.25) is 10.0 Å². The van der Waals surface area contributed by atoms with Crippen molar-refractivity contribution in [2.24, 2.45) is 5.14 Å². The van der Waals surface area contributed by atoms with Crippen molar-refractivity contribution in [2.75, 3.05) is 43.8 Å². The quantitative estimate of drug-likeness (QED) is 0.662. The van der Waals surface area contributed by atoms with Crippen LogP contribution in [-0.4, -0.2) is 52.2 Å². The second kappa shape index (κ2) is 6.61. The molecular formula is C13H22N4O3S. The van der Waals surface area contributed by atoms with E-state index in [1.807, 2.05) is 0 Å². The maximum absolute atomic E-state index is 11.6. The van der Waals surface area contributed by atoms with Crippen molar-refractivity contribution in [3.63, 3.8) is 0 Å². The van der Waals surface area contributed by atoms with Crippen LogP contribution in [0.1, 0.15) is 6.92 Å². The fourth-order valence-electron chi connectivity index (χ4n) is 2.34. The van der Waals surface area contributed by atoms with Gasteiger partial charge in [-0.2, -0.15) is 0 Å². The lowest BCUT2D eigenvalue weighted by molar-refractivity contribution is -0.0192. The number of primary sulfonamides is 1. The highest BCUT2D eigenvalue weighted by molar-refractivity contribution is 7.89. The maximum Gasteiger partial charge on any atom is 0.240 e. The minimum Gasteiger partial charge on any atom is -0.399 e. The molecule has 0 saturated carbocycles. The van der Waals surface area contributed by atoms with Crippen LogP contribution in [0.2, 0.25) is 0 Å². The molecule has 2 rings (SSSR count). The normalized spacial score (nSPS) is 20.4. The smallest absolute Gasteiger partial charge is 0.240 e. The molecule has 1 aliphatic rings. The maximum atomic E-state index is 11.6. The summed E-state index contributed by atoms with van der Waals surface area (Å²) in [7, 11) is -3.82. The highest BCUT2D eigenvalue weighted by Gasteiger charge is 2.20. The molecule has 1 saturated heterocycles. The van der Waals surface area contributed by atoms with Gasteiger partial charge in [-0.15, -0.1) is 0 Å². The Kier molecular flexibility index (Phi) is 5.04. The van der Waals surface area contributed by atoms with E-state index in [2.05, 4.69) is 17.1 Å². The third kappa shape index (κ3) is 4.31. The summed E-state index contributed by atoms with van der Waals surface area (Å²) in [6, 6.07) is 4.62. The van der Waals surface area contributed by atoms with E-state index >= 15 is 0 Å². The van der Waals surface area contributed by atoms with Gasteiger partial charge in [-0.3, -0.25) is 4.90 Å². The van der Waals surface area contributed by atoms with Gasteiger partial charge in [-0.05, 0) is 24.7 Å².